The molecular weight excluding hydrogens is 629 g/mol. The van der Waals surface area contributed by atoms with E-state index in [1.54, 1.807) is 36.7 Å². The van der Waals surface area contributed by atoms with Crippen LogP contribution in [0.25, 0.3) is 22.2 Å². The third-order valence-electron chi connectivity index (χ3n) is 10.6. The fraction of sp³-hybridized carbons (Fsp3) is 0.486. The third-order valence-corrected chi connectivity index (χ3v) is 11.2. The Hall–Kier alpha value is -3.40. The van der Waals surface area contributed by atoms with Crippen LogP contribution in [-0.4, -0.2) is 44.5 Å². The second-order valence-corrected chi connectivity index (χ2v) is 14.3. The normalized spacial score (nSPS) is 24.2. The zero-order valence-electron chi connectivity index (χ0n) is 25.4. The molecular formula is C35H35Cl2N3O6. The van der Waals surface area contributed by atoms with E-state index < -0.39 is 5.97 Å². The van der Waals surface area contributed by atoms with Gasteiger partial charge in [0.25, 0.3) is 0 Å². The molecule has 240 valence electrons. The predicted octanol–water partition coefficient (Wildman–Crippen LogP) is 8.79. The Morgan fingerprint density at radius 3 is 2.37 bits per heavy atom. The molecule has 9 rings (SSSR count). The minimum atomic E-state index is -0.987. The number of pyridine rings is 2. The SMILES string of the molecule is O=C(O)c1ccc(OC2CCC2)c2nc(OCC34CCC(OCc5c(-c6c(Cl)cncc6Cl)noc5C5CC5)(CC3)CC4)ccc12. The molecule has 5 saturated carbocycles. The van der Waals surface area contributed by atoms with Gasteiger partial charge in [0.2, 0.25) is 5.88 Å². The van der Waals surface area contributed by atoms with E-state index in [0.717, 1.165) is 82.0 Å². The van der Waals surface area contributed by atoms with Gasteiger partial charge >= 0.3 is 5.97 Å². The Morgan fingerprint density at radius 1 is 0.978 bits per heavy atom. The molecule has 0 unspecified atom stereocenters. The summed E-state index contributed by atoms with van der Waals surface area (Å²) in [4.78, 5) is 20.7. The lowest BCUT2D eigenvalue weighted by Crippen LogP contribution is -2.49. The number of hydrogen-bond donors (Lipinski definition) is 1. The Kier molecular flexibility index (Phi) is 7.61. The number of halogens is 2. The molecule has 9 nitrogen and oxygen atoms in total. The molecule has 0 spiro atoms. The van der Waals surface area contributed by atoms with Crippen molar-refractivity contribution in [1.29, 1.82) is 0 Å². The first-order valence-electron chi connectivity index (χ1n) is 16.2. The number of aromatic nitrogens is 3. The number of nitrogens with zero attached hydrogens (tertiary/aromatic N) is 3. The summed E-state index contributed by atoms with van der Waals surface area (Å²) in [5, 5.41) is 15.6. The van der Waals surface area contributed by atoms with Crippen LogP contribution in [0.4, 0.5) is 0 Å². The van der Waals surface area contributed by atoms with Crippen LogP contribution in [0, 0.1) is 5.41 Å². The number of carboxylic acids is 1. The Morgan fingerprint density at radius 2 is 1.72 bits per heavy atom. The van der Waals surface area contributed by atoms with Gasteiger partial charge < -0.3 is 23.8 Å². The van der Waals surface area contributed by atoms with E-state index in [0.29, 0.717) is 63.0 Å². The van der Waals surface area contributed by atoms with Crippen molar-refractivity contribution in [3.05, 3.63) is 63.6 Å². The molecule has 46 heavy (non-hydrogen) atoms. The van der Waals surface area contributed by atoms with Crippen LogP contribution in [0.2, 0.25) is 10.0 Å². The summed E-state index contributed by atoms with van der Waals surface area (Å²) in [7, 11) is 0. The van der Waals surface area contributed by atoms with Gasteiger partial charge in [-0.1, -0.05) is 28.4 Å². The van der Waals surface area contributed by atoms with Gasteiger partial charge in [0.05, 0.1) is 40.5 Å². The van der Waals surface area contributed by atoms with Gasteiger partial charge in [0.15, 0.2) is 0 Å². The highest BCUT2D eigenvalue weighted by Crippen LogP contribution is 2.55. The van der Waals surface area contributed by atoms with Crippen LogP contribution >= 0.6 is 23.2 Å². The van der Waals surface area contributed by atoms with Gasteiger partial charge in [-0.2, -0.15) is 0 Å². The van der Waals surface area contributed by atoms with E-state index in [4.69, 9.17) is 46.9 Å². The Labute approximate surface area is 276 Å². The lowest BCUT2D eigenvalue weighted by atomic mass is 9.59. The molecule has 0 amide bonds. The van der Waals surface area contributed by atoms with E-state index >= 15 is 0 Å². The molecule has 5 fully saturated rings. The van der Waals surface area contributed by atoms with E-state index in [1.165, 1.54) is 0 Å². The quantitative estimate of drug-likeness (QED) is 0.168. The summed E-state index contributed by atoms with van der Waals surface area (Å²) in [5.41, 5.74) is 2.81. The second-order valence-electron chi connectivity index (χ2n) is 13.5. The molecule has 0 radical (unpaired) electrons. The maximum absolute atomic E-state index is 11.9. The van der Waals surface area contributed by atoms with Crippen LogP contribution in [0.5, 0.6) is 11.6 Å². The van der Waals surface area contributed by atoms with Gasteiger partial charge in [-0.05, 0) is 88.8 Å². The molecule has 3 heterocycles. The zero-order valence-corrected chi connectivity index (χ0v) is 26.9. The van der Waals surface area contributed by atoms with Crippen molar-refractivity contribution in [2.75, 3.05) is 6.61 Å². The number of aromatic carboxylic acids is 1. The average molecular weight is 665 g/mol. The largest absolute Gasteiger partial charge is 0.488 e. The van der Waals surface area contributed by atoms with Crippen LogP contribution in [0.1, 0.15) is 98.2 Å². The molecule has 1 N–H and O–H groups in total. The van der Waals surface area contributed by atoms with E-state index in [2.05, 4.69) is 10.1 Å². The van der Waals surface area contributed by atoms with E-state index in [1.807, 2.05) is 0 Å². The molecule has 5 aliphatic rings. The monoisotopic (exact) mass is 663 g/mol. The van der Waals surface area contributed by atoms with Crippen molar-refractivity contribution in [2.24, 2.45) is 5.41 Å². The molecule has 0 aliphatic heterocycles. The first-order chi connectivity index (χ1) is 22.3. The van der Waals surface area contributed by atoms with Crippen LogP contribution in [0.3, 0.4) is 0 Å². The summed E-state index contributed by atoms with van der Waals surface area (Å²) in [6, 6.07) is 6.87. The smallest absolute Gasteiger partial charge is 0.336 e. The summed E-state index contributed by atoms with van der Waals surface area (Å²) in [5.74, 6) is 1.35. The minimum absolute atomic E-state index is 0.0511. The van der Waals surface area contributed by atoms with Crippen LogP contribution < -0.4 is 9.47 Å². The fourth-order valence-electron chi connectivity index (χ4n) is 7.28. The van der Waals surface area contributed by atoms with Gasteiger partial charge in [0, 0.05) is 46.3 Å². The van der Waals surface area contributed by atoms with Crippen LogP contribution in [-0.2, 0) is 11.3 Å². The minimum Gasteiger partial charge on any atom is -0.488 e. The van der Waals surface area contributed by atoms with Crippen LogP contribution in [0.15, 0.2) is 41.2 Å². The lowest BCUT2D eigenvalue weighted by molar-refractivity contribution is -0.150. The number of carboxylic acid groups (broad SMARTS) is 1. The van der Waals surface area contributed by atoms with E-state index in [9.17, 15) is 9.90 Å². The van der Waals surface area contributed by atoms with Crippen molar-refractivity contribution < 1.29 is 28.6 Å². The molecule has 4 aromatic rings. The molecule has 3 aromatic heterocycles. The first-order valence-corrected chi connectivity index (χ1v) is 17.0. The number of ether oxygens (including phenoxy) is 3. The van der Waals surface area contributed by atoms with Gasteiger partial charge in [0.1, 0.15) is 22.7 Å². The number of hydrogen-bond acceptors (Lipinski definition) is 8. The first kappa shape index (κ1) is 30.0. The van der Waals surface area contributed by atoms with Crippen molar-refractivity contribution >= 4 is 40.1 Å². The molecule has 2 bridgehead atoms. The number of rotatable bonds is 11. The standard InChI is InChI=1S/C35H35Cl2N3O6/c36-25-16-38-17-26(37)29(25)31-24(32(46-40-31)20-4-5-20)18-44-35-13-10-34(11-14-35,12-15-35)19-43-28-9-7-22-23(33(41)42)6-8-27(30(22)39-28)45-21-2-1-3-21/h6-9,16-17,20-21H,1-5,10-15,18-19H2,(H,41,42). The second kappa shape index (κ2) is 11.7. The number of carbonyl (C=O) groups is 1. The molecule has 5 aliphatic carbocycles. The summed E-state index contributed by atoms with van der Waals surface area (Å²) in [6.07, 6.45) is 14.4. The highest BCUT2D eigenvalue weighted by atomic mass is 35.5. The predicted molar refractivity (Wildman–Crippen MR) is 172 cm³/mol. The van der Waals surface area contributed by atoms with E-state index in [-0.39, 0.29) is 22.7 Å². The zero-order chi connectivity index (χ0) is 31.5. The fourth-order valence-corrected chi connectivity index (χ4v) is 7.82. The van der Waals surface area contributed by atoms with Crippen molar-refractivity contribution in [3.8, 4) is 22.9 Å². The lowest BCUT2D eigenvalue weighted by Gasteiger charge is -2.52. The summed E-state index contributed by atoms with van der Waals surface area (Å²) >= 11 is 13.0. The van der Waals surface area contributed by atoms with Crippen molar-refractivity contribution in [2.45, 2.75) is 94.9 Å². The maximum atomic E-state index is 11.9. The highest BCUT2D eigenvalue weighted by molar-refractivity contribution is 6.38. The summed E-state index contributed by atoms with van der Waals surface area (Å²) in [6.45, 7) is 0.952. The molecule has 0 saturated heterocycles. The Balaban J connectivity index is 0.954. The van der Waals surface area contributed by atoms with Crippen molar-refractivity contribution in [3.63, 3.8) is 0 Å². The third kappa shape index (κ3) is 5.50. The van der Waals surface area contributed by atoms with Gasteiger partial charge in [-0.3, -0.25) is 4.98 Å². The maximum Gasteiger partial charge on any atom is 0.336 e. The molecule has 0 atom stereocenters. The van der Waals surface area contributed by atoms with Crippen molar-refractivity contribution in [1.82, 2.24) is 15.1 Å². The average Bonchev–Trinajstić information content (AvgIpc) is 3.81. The topological polar surface area (TPSA) is 117 Å². The number of benzene rings is 1. The highest BCUT2D eigenvalue weighted by Gasteiger charge is 2.50. The number of fused-ring (bicyclic) bond motifs is 4. The molecule has 1 aromatic carbocycles. The Bertz CT molecular complexity index is 1770. The van der Waals surface area contributed by atoms with Gasteiger partial charge in [-0.25, -0.2) is 9.78 Å². The van der Waals surface area contributed by atoms with Gasteiger partial charge in [-0.15, -0.1) is 0 Å². The molecule has 11 heteroatoms. The summed E-state index contributed by atoms with van der Waals surface area (Å²) < 4.78 is 25.2.